The lowest BCUT2D eigenvalue weighted by molar-refractivity contribution is 0.0953. The van der Waals surface area contributed by atoms with Gasteiger partial charge in [0.2, 0.25) is 0 Å². The molecule has 5 nitrogen and oxygen atoms in total. The van der Waals surface area contributed by atoms with E-state index in [-0.39, 0.29) is 12.2 Å². The van der Waals surface area contributed by atoms with Gasteiger partial charge in [0.25, 0.3) is 0 Å². The van der Waals surface area contributed by atoms with Crippen molar-refractivity contribution in [3.05, 3.63) is 101 Å². The molecule has 32 heavy (non-hydrogen) atoms. The lowest BCUT2D eigenvalue weighted by Gasteiger charge is -2.24. The summed E-state index contributed by atoms with van der Waals surface area (Å²) in [5, 5.41) is 0. The molecule has 3 aromatic rings. The molecular weight excluding hydrogens is 423 g/mol. The van der Waals surface area contributed by atoms with Crippen molar-refractivity contribution in [2.75, 3.05) is 0 Å². The highest BCUT2D eigenvalue weighted by molar-refractivity contribution is 7.52. The van der Waals surface area contributed by atoms with Crippen molar-refractivity contribution in [2.24, 2.45) is 0 Å². The van der Waals surface area contributed by atoms with E-state index in [1.807, 2.05) is 61.5 Å². The van der Waals surface area contributed by atoms with Crippen LogP contribution in [-0.4, -0.2) is 21.2 Å². The molecule has 0 saturated heterocycles. The van der Waals surface area contributed by atoms with Crippen molar-refractivity contribution >= 4 is 13.4 Å². The first-order valence-electron chi connectivity index (χ1n) is 10.7. The summed E-state index contributed by atoms with van der Waals surface area (Å²) in [6.07, 6.45) is 0.375. The molecule has 6 heteroatoms. The molecule has 0 spiro atoms. The number of benzene rings is 3. The monoisotopic (exact) mass is 452 g/mol. The second kappa shape index (κ2) is 10.7. The molecule has 0 saturated carbocycles. The summed E-state index contributed by atoms with van der Waals surface area (Å²) in [6, 6.07) is 24.3. The van der Waals surface area contributed by atoms with Crippen LogP contribution in [0.25, 0.3) is 0 Å². The summed E-state index contributed by atoms with van der Waals surface area (Å²) in [6.45, 7) is 4.03. The van der Waals surface area contributed by atoms with Gasteiger partial charge in [-0.25, -0.2) is 0 Å². The number of aryl methyl sites for hydroxylation is 1. The van der Waals surface area contributed by atoms with Gasteiger partial charge in [0.15, 0.2) is 5.78 Å². The van der Waals surface area contributed by atoms with Gasteiger partial charge in [0.05, 0.1) is 5.66 Å². The number of ether oxygens (including phenoxy) is 1. The summed E-state index contributed by atoms with van der Waals surface area (Å²) in [7, 11) is -4.33. The number of carbonyl (C=O) groups is 1. The van der Waals surface area contributed by atoms with E-state index in [4.69, 9.17) is 4.74 Å². The third kappa shape index (κ3) is 6.17. The zero-order valence-electron chi connectivity index (χ0n) is 18.3. The van der Waals surface area contributed by atoms with Gasteiger partial charge in [-0.15, -0.1) is 0 Å². The quantitative estimate of drug-likeness (QED) is 0.296. The van der Waals surface area contributed by atoms with Gasteiger partial charge < -0.3 is 14.5 Å². The van der Waals surface area contributed by atoms with Crippen molar-refractivity contribution in [1.82, 2.24) is 0 Å². The van der Waals surface area contributed by atoms with E-state index in [2.05, 4.69) is 0 Å². The maximum absolute atomic E-state index is 13.6. The summed E-state index contributed by atoms with van der Waals surface area (Å²) in [5.41, 5.74) is 2.32. The minimum Gasteiger partial charge on any atom is -0.489 e. The van der Waals surface area contributed by atoms with E-state index in [0.717, 1.165) is 16.7 Å². The van der Waals surface area contributed by atoms with Crippen LogP contribution in [0, 0.1) is 6.92 Å². The fraction of sp³-hybridized carbons (Fsp3) is 0.269. The van der Waals surface area contributed by atoms with Crippen molar-refractivity contribution in [2.45, 2.75) is 44.9 Å². The number of rotatable bonds is 10. The molecule has 0 heterocycles. The summed E-state index contributed by atoms with van der Waals surface area (Å²) in [4.78, 5) is 33.2. The van der Waals surface area contributed by atoms with E-state index in [1.54, 1.807) is 31.2 Å². The van der Waals surface area contributed by atoms with Crippen molar-refractivity contribution in [3.63, 3.8) is 0 Å². The predicted molar refractivity (Wildman–Crippen MR) is 126 cm³/mol. The molecule has 2 unspecified atom stereocenters. The molecule has 0 amide bonds. The molecule has 0 aromatic heterocycles. The van der Waals surface area contributed by atoms with Crippen LogP contribution < -0.4 is 4.74 Å². The lowest BCUT2D eigenvalue weighted by Crippen LogP contribution is -2.21. The third-order valence-electron chi connectivity index (χ3n) is 5.70. The van der Waals surface area contributed by atoms with Gasteiger partial charge in [0, 0.05) is 11.5 Å². The van der Waals surface area contributed by atoms with E-state index >= 15 is 0 Å². The molecule has 0 aliphatic heterocycles. The average Bonchev–Trinajstić information content (AvgIpc) is 2.79. The third-order valence-corrected chi connectivity index (χ3v) is 7.23. The van der Waals surface area contributed by atoms with Gasteiger partial charge in [-0.2, -0.15) is 0 Å². The Hall–Kier alpha value is -2.72. The summed E-state index contributed by atoms with van der Waals surface area (Å²) < 4.78 is 17.9. The minimum atomic E-state index is -4.33. The Morgan fingerprint density at radius 2 is 1.66 bits per heavy atom. The van der Waals surface area contributed by atoms with Crippen LogP contribution in [0.3, 0.4) is 0 Å². The van der Waals surface area contributed by atoms with Gasteiger partial charge in [-0.3, -0.25) is 9.36 Å². The molecule has 3 rings (SSSR count). The number of Topliss-reactive ketones (excluding diaryl/α,β-unsaturated/α-hetero) is 1. The Labute approximate surface area is 189 Å². The maximum atomic E-state index is 13.6. The Bertz CT molecular complexity index is 1090. The molecular formula is C26H29O5P. The Kier molecular flexibility index (Phi) is 8.03. The van der Waals surface area contributed by atoms with Crippen LogP contribution >= 0.6 is 7.60 Å². The second-order valence-corrected chi connectivity index (χ2v) is 9.87. The molecule has 2 atom stereocenters. The van der Waals surface area contributed by atoms with Crippen LogP contribution in [0.1, 0.15) is 52.7 Å². The van der Waals surface area contributed by atoms with Gasteiger partial charge in [-0.05, 0) is 48.6 Å². The van der Waals surface area contributed by atoms with Gasteiger partial charge in [0.1, 0.15) is 12.4 Å². The van der Waals surface area contributed by atoms with Crippen LogP contribution in [0.5, 0.6) is 5.75 Å². The fourth-order valence-electron chi connectivity index (χ4n) is 3.85. The molecule has 0 fully saturated rings. The highest BCUT2D eigenvalue weighted by Crippen LogP contribution is 2.47. The molecule has 0 bridgehead atoms. The van der Waals surface area contributed by atoms with Crippen LogP contribution in [0.4, 0.5) is 0 Å². The average molecular weight is 452 g/mol. The molecule has 168 valence electrons. The van der Waals surface area contributed by atoms with E-state index in [1.165, 1.54) is 0 Å². The van der Waals surface area contributed by atoms with Gasteiger partial charge >= 0.3 is 7.60 Å². The van der Waals surface area contributed by atoms with Crippen LogP contribution in [-0.2, 0) is 11.2 Å². The van der Waals surface area contributed by atoms with E-state index in [0.29, 0.717) is 24.3 Å². The lowest BCUT2D eigenvalue weighted by atomic mass is 9.84. The van der Waals surface area contributed by atoms with Crippen molar-refractivity contribution in [1.29, 1.82) is 0 Å². The minimum absolute atomic E-state index is 0.0829. The standard InChI is InChI=1S/C26H29O5P/c1-3-23(32(28,29)30)17-25(24-15-8-7-10-19(24)2)26(27)21-13-9-14-22(16-21)31-18-20-11-5-4-6-12-20/h4-16,23,25H,3,17-18H2,1-2H3,(H2,28,29,30). The Morgan fingerprint density at radius 1 is 0.969 bits per heavy atom. The summed E-state index contributed by atoms with van der Waals surface area (Å²) >= 11 is 0. The number of hydrogen-bond donors (Lipinski definition) is 2. The topological polar surface area (TPSA) is 83.8 Å². The molecule has 0 radical (unpaired) electrons. The molecule has 0 aliphatic rings. The molecule has 0 aliphatic carbocycles. The predicted octanol–water partition coefficient (Wildman–Crippen LogP) is 5.89. The zero-order chi connectivity index (χ0) is 23.1. The normalized spacial score (nSPS) is 13.4. The van der Waals surface area contributed by atoms with E-state index < -0.39 is 19.2 Å². The number of ketones is 1. The Balaban J connectivity index is 1.89. The first-order valence-corrected chi connectivity index (χ1v) is 12.4. The molecule has 2 N–H and O–H groups in total. The first-order chi connectivity index (χ1) is 15.3. The van der Waals surface area contributed by atoms with Gasteiger partial charge in [-0.1, -0.05) is 73.7 Å². The highest BCUT2D eigenvalue weighted by Gasteiger charge is 2.34. The summed E-state index contributed by atoms with van der Waals surface area (Å²) in [5.74, 6) is -0.250. The van der Waals surface area contributed by atoms with Crippen LogP contribution in [0.2, 0.25) is 0 Å². The van der Waals surface area contributed by atoms with Crippen molar-refractivity contribution in [3.8, 4) is 5.75 Å². The maximum Gasteiger partial charge on any atom is 0.328 e. The smallest absolute Gasteiger partial charge is 0.328 e. The first kappa shape index (κ1) is 23.9. The van der Waals surface area contributed by atoms with Crippen LogP contribution in [0.15, 0.2) is 78.9 Å². The largest absolute Gasteiger partial charge is 0.489 e. The Morgan fingerprint density at radius 3 is 2.31 bits per heavy atom. The van der Waals surface area contributed by atoms with Crippen molar-refractivity contribution < 1.29 is 23.9 Å². The highest BCUT2D eigenvalue weighted by atomic mass is 31.2. The second-order valence-electron chi connectivity index (χ2n) is 7.96. The number of carbonyl (C=O) groups excluding carboxylic acids is 1. The fourth-order valence-corrected chi connectivity index (χ4v) is 4.81. The SMILES string of the molecule is CCC(CC(C(=O)c1cccc(OCc2ccccc2)c1)c1ccccc1C)P(=O)(O)O. The van der Waals surface area contributed by atoms with E-state index in [9.17, 15) is 19.1 Å². The zero-order valence-corrected chi connectivity index (χ0v) is 19.2. The number of hydrogen-bond acceptors (Lipinski definition) is 3. The molecule has 3 aromatic carbocycles.